The van der Waals surface area contributed by atoms with Crippen molar-refractivity contribution >= 4 is 39.9 Å². The minimum absolute atomic E-state index is 0. The maximum absolute atomic E-state index is 6.24. The molecule has 1 aliphatic heterocycles. The maximum atomic E-state index is 6.24. The van der Waals surface area contributed by atoms with E-state index >= 15 is 0 Å². The summed E-state index contributed by atoms with van der Waals surface area (Å²) < 4.78 is 1.04. The number of piperidine rings is 1. The van der Waals surface area contributed by atoms with Crippen molar-refractivity contribution in [1.82, 2.24) is 10.2 Å². The first-order chi connectivity index (χ1) is 8.19. The number of likely N-dealkylation sites (tertiary alicyclic amines) is 1. The Labute approximate surface area is 129 Å². The van der Waals surface area contributed by atoms with E-state index in [-0.39, 0.29) is 12.4 Å². The first kappa shape index (κ1) is 16.3. The number of hydrogen-bond donors (Lipinski definition) is 1. The van der Waals surface area contributed by atoms with Gasteiger partial charge in [0.2, 0.25) is 0 Å². The van der Waals surface area contributed by atoms with Crippen molar-refractivity contribution < 1.29 is 0 Å². The smallest absolute Gasteiger partial charge is 0.0462 e. The Morgan fingerprint density at radius 2 is 2.06 bits per heavy atom. The highest BCUT2D eigenvalue weighted by atomic mass is 79.9. The fourth-order valence-electron chi connectivity index (χ4n) is 2.27. The highest BCUT2D eigenvalue weighted by Gasteiger charge is 2.18. The average molecular weight is 354 g/mol. The summed E-state index contributed by atoms with van der Waals surface area (Å²) in [6.45, 7) is 3.26. The second kappa shape index (κ2) is 7.71. The Bertz CT molecular complexity index is 379. The van der Waals surface area contributed by atoms with Crippen LogP contribution < -0.4 is 5.32 Å². The van der Waals surface area contributed by atoms with Crippen LogP contribution in [0.15, 0.2) is 22.7 Å². The maximum Gasteiger partial charge on any atom is 0.0462 e. The van der Waals surface area contributed by atoms with Gasteiger partial charge in [0.25, 0.3) is 0 Å². The molecule has 1 aromatic rings. The van der Waals surface area contributed by atoms with Crippen molar-refractivity contribution in [1.29, 1.82) is 0 Å². The third-order valence-electron chi connectivity index (χ3n) is 3.40. The number of nitrogens with one attached hydrogen (secondary N) is 1. The van der Waals surface area contributed by atoms with Crippen LogP contribution in [0.5, 0.6) is 0 Å². The van der Waals surface area contributed by atoms with Gasteiger partial charge in [-0.25, -0.2) is 0 Å². The highest BCUT2D eigenvalue weighted by Crippen LogP contribution is 2.23. The molecule has 1 aliphatic rings. The molecule has 5 heteroatoms. The molecular weight excluding hydrogens is 335 g/mol. The van der Waals surface area contributed by atoms with Gasteiger partial charge in [-0.05, 0) is 50.7 Å². The molecule has 0 aliphatic carbocycles. The second-order valence-electron chi connectivity index (χ2n) is 4.57. The summed E-state index contributed by atoms with van der Waals surface area (Å²) in [6, 6.07) is 6.82. The average Bonchev–Trinajstić information content (AvgIpc) is 2.34. The molecule has 0 unspecified atom stereocenters. The molecule has 0 aromatic heterocycles. The standard InChI is InChI=1S/C13H18BrClN2.ClH/c1-16-12-4-6-17(7-5-12)9-10-2-3-11(14)8-13(10)15;/h2-3,8,12,16H,4-7,9H2,1H3;1H. The summed E-state index contributed by atoms with van der Waals surface area (Å²) in [5.41, 5.74) is 1.22. The minimum atomic E-state index is 0. The molecule has 1 fully saturated rings. The summed E-state index contributed by atoms with van der Waals surface area (Å²) in [5, 5.41) is 4.20. The molecule has 1 heterocycles. The molecule has 0 saturated carbocycles. The number of nitrogens with zero attached hydrogens (tertiary/aromatic N) is 1. The SMILES string of the molecule is CNC1CCN(Cc2ccc(Br)cc2Cl)CC1.Cl. The fraction of sp³-hybridized carbons (Fsp3) is 0.538. The summed E-state index contributed by atoms with van der Waals surface area (Å²) in [7, 11) is 2.05. The molecule has 1 N–H and O–H groups in total. The van der Waals surface area contributed by atoms with E-state index in [9.17, 15) is 0 Å². The van der Waals surface area contributed by atoms with E-state index in [1.54, 1.807) is 0 Å². The van der Waals surface area contributed by atoms with Crippen LogP contribution in [0.4, 0.5) is 0 Å². The molecule has 0 bridgehead atoms. The monoisotopic (exact) mass is 352 g/mol. The van der Waals surface area contributed by atoms with Crippen molar-refractivity contribution in [2.45, 2.75) is 25.4 Å². The van der Waals surface area contributed by atoms with Crippen LogP contribution in [0.3, 0.4) is 0 Å². The zero-order chi connectivity index (χ0) is 12.3. The van der Waals surface area contributed by atoms with Gasteiger partial charge in [-0.3, -0.25) is 4.90 Å². The lowest BCUT2D eigenvalue weighted by molar-refractivity contribution is 0.194. The lowest BCUT2D eigenvalue weighted by atomic mass is 10.0. The summed E-state index contributed by atoms with van der Waals surface area (Å²) in [4.78, 5) is 2.48. The zero-order valence-electron chi connectivity index (χ0n) is 10.5. The predicted octanol–water partition coefficient (Wildman–Crippen LogP) is 3.71. The van der Waals surface area contributed by atoms with Crippen molar-refractivity contribution in [2.24, 2.45) is 0 Å². The molecule has 0 atom stereocenters. The third-order valence-corrected chi connectivity index (χ3v) is 4.25. The summed E-state index contributed by atoms with van der Waals surface area (Å²) >= 11 is 9.67. The van der Waals surface area contributed by atoms with Crippen molar-refractivity contribution in [3.63, 3.8) is 0 Å². The second-order valence-corrected chi connectivity index (χ2v) is 5.90. The zero-order valence-corrected chi connectivity index (χ0v) is 13.6. The van der Waals surface area contributed by atoms with E-state index in [1.807, 2.05) is 13.1 Å². The van der Waals surface area contributed by atoms with Crippen molar-refractivity contribution in [3.05, 3.63) is 33.3 Å². The first-order valence-corrected chi connectivity index (χ1v) is 7.19. The molecule has 0 radical (unpaired) electrons. The number of rotatable bonds is 3. The molecular formula is C13H19BrCl2N2. The number of hydrogen-bond acceptors (Lipinski definition) is 2. The Morgan fingerprint density at radius 3 is 2.61 bits per heavy atom. The number of benzene rings is 1. The lowest BCUT2D eigenvalue weighted by Gasteiger charge is -2.31. The summed E-state index contributed by atoms with van der Waals surface area (Å²) in [6.07, 6.45) is 2.45. The van der Waals surface area contributed by atoms with E-state index in [2.05, 4.69) is 38.3 Å². The quantitative estimate of drug-likeness (QED) is 0.891. The van der Waals surface area contributed by atoms with Crippen LogP contribution in [0.1, 0.15) is 18.4 Å². The molecule has 2 rings (SSSR count). The van der Waals surface area contributed by atoms with E-state index in [0.29, 0.717) is 6.04 Å². The van der Waals surface area contributed by atoms with Crippen LogP contribution >= 0.6 is 39.9 Å². The first-order valence-electron chi connectivity index (χ1n) is 6.02. The van der Waals surface area contributed by atoms with Crippen LogP contribution in [-0.4, -0.2) is 31.1 Å². The topological polar surface area (TPSA) is 15.3 Å². The fourth-order valence-corrected chi connectivity index (χ4v) is 3.00. The third kappa shape index (κ3) is 4.39. The van der Waals surface area contributed by atoms with E-state index < -0.39 is 0 Å². The predicted molar refractivity (Wildman–Crippen MR) is 83.8 cm³/mol. The largest absolute Gasteiger partial charge is 0.317 e. The van der Waals surface area contributed by atoms with Gasteiger partial charge in [0, 0.05) is 22.1 Å². The van der Waals surface area contributed by atoms with Gasteiger partial charge in [0.1, 0.15) is 0 Å². The van der Waals surface area contributed by atoms with E-state index in [4.69, 9.17) is 11.6 Å². The molecule has 1 aromatic carbocycles. The van der Waals surface area contributed by atoms with E-state index in [1.165, 1.54) is 18.4 Å². The molecule has 0 amide bonds. The molecule has 2 nitrogen and oxygen atoms in total. The van der Waals surface area contributed by atoms with Crippen LogP contribution in [0.25, 0.3) is 0 Å². The minimum Gasteiger partial charge on any atom is -0.317 e. The number of halogens is 3. The Hall–Kier alpha value is 0.200. The van der Waals surface area contributed by atoms with Gasteiger partial charge in [-0.15, -0.1) is 12.4 Å². The van der Waals surface area contributed by atoms with Gasteiger partial charge < -0.3 is 5.32 Å². The molecule has 0 spiro atoms. The van der Waals surface area contributed by atoms with Gasteiger partial charge in [-0.1, -0.05) is 33.6 Å². The van der Waals surface area contributed by atoms with Crippen LogP contribution in [0.2, 0.25) is 5.02 Å². The molecule has 102 valence electrons. The van der Waals surface area contributed by atoms with Crippen molar-refractivity contribution in [3.8, 4) is 0 Å². The van der Waals surface area contributed by atoms with Crippen LogP contribution in [-0.2, 0) is 6.54 Å². The summed E-state index contributed by atoms with van der Waals surface area (Å²) in [5.74, 6) is 0. The van der Waals surface area contributed by atoms with Crippen LogP contribution in [0, 0.1) is 0 Å². The Morgan fingerprint density at radius 1 is 1.39 bits per heavy atom. The highest BCUT2D eigenvalue weighted by molar-refractivity contribution is 9.10. The van der Waals surface area contributed by atoms with Gasteiger partial charge in [0.05, 0.1) is 0 Å². The van der Waals surface area contributed by atoms with Gasteiger partial charge >= 0.3 is 0 Å². The molecule has 18 heavy (non-hydrogen) atoms. The Balaban J connectivity index is 0.00000162. The van der Waals surface area contributed by atoms with E-state index in [0.717, 1.165) is 29.1 Å². The Kier molecular flexibility index (Phi) is 6.96. The van der Waals surface area contributed by atoms with Gasteiger partial charge in [0.15, 0.2) is 0 Å². The van der Waals surface area contributed by atoms with Crippen molar-refractivity contribution in [2.75, 3.05) is 20.1 Å². The molecule has 1 saturated heterocycles. The lowest BCUT2D eigenvalue weighted by Crippen LogP contribution is -2.40. The van der Waals surface area contributed by atoms with Gasteiger partial charge in [-0.2, -0.15) is 0 Å². The normalized spacial score (nSPS) is 17.5.